The highest BCUT2D eigenvalue weighted by Crippen LogP contribution is 2.44. The Morgan fingerprint density at radius 1 is 0.944 bits per heavy atom. The molecule has 3 heterocycles. The third-order valence-electron chi connectivity index (χ3n) is 7.06. The predicted molar refractivity (Wildman–Crippen MR) is 150 cm³/mol. The van der Waals surface area contributed by atoms with E-state index < -0.39 is 0 Å². The van der Waals surface area contributed by atoms with Crippen LogP contribution >= 0.6 is 12.2 Å². The molecule has 36 heavy (non-hydrogen) atoms. The molecule has 1 aliphatic heterocycles. The summed E-state index contributed by atoms with van der Waals surface area (Å²) < 4.78 is 7.66. The van der Waals surface area contributed by atoms with Gasteiger partial charge in [0.2, 0.25) is 0 Å². The van der Waals surface area contributed by atoms with Gasteiger partial charge in [0.25, 0.3) is 0 Å². The lowest BCUT2D eigenvalue weighted by molar-refractivity contribution is 0.414. The second kappa shape index (κ2) is 9.78. The number of thiocarbonyl (C=S) groups is 1. The van der Waals surface area contributed by atoms with Gasteiger partial charge >= 0.3 is 0 Å². The predicted octanol–water partition coefficient (Wildman–Crippen LogP) is 6.80. The Balaban J connectivity index is 1.63. The molecule has 1 aliphatic rings. The van der Waals surface area contributed by atoms with E-state index in [0.717, 1.165) is 22.8 Å². The number of aromatic nitrogens is 2. The van der Waals surface area contributed by atoms with Crippen LogP contribution in [0.3, 0.4) is 0 Å². The van der Waals surface area contributed by atoms with E-state index in [4.69, 9.17) is 21.9 Å². The highest BCUT2D eigenvalue weighted by atomic mass is 32.1. The fraction of sp³-hybridized carbons (Fsp3) is 0.267. The van der Waals surface area contributed by atoms with Gasteiger partial charge < -0.3 is 19.5 Å². The molecular weight excluding hydrogens is 464 g/mol. The number of ether oxygens (including phenoxy) is 1. The van der Waals surface area contributed by atoms with Crippen LogP contribution in [0, 0.1) is 13.8 Å². The molecule has 1 N–H and O–H groups in total. The van der Waals surface area contributed by atoms with Crippen molar-refractivity contribution in [2.24, 2.45) is 0 Å². The molecule has 2 atom stereocenters. The molecule has 0 bridgehead atoms. The van der Waals surface area contributed by atoms with E-state index in [1.54, 1.807) is 7.11 Å². The Labute approximate surface area is 218 Å². The average molecular weight is 497 g/mol. The van der Waals surface area contributed by atoms with Gasteiger partial charge in [-0.15, -0.1) is 0 Å². The second-order valence-electron chi connectivity index (χ2n) is 9.60. The number of methoxy groups -OCH3 is 1. The van der Waals surface area contributed by atoms with Crippen LogP contribution in [0.5, 0.6) is 5.75 Å². The molecule has 4 aromatic rings. The number of rotatable bonds is 6. The number of pyridine rings is 1. The van der Waals surface area contributed by atoms with Crippen molar-refractivity contribution in [1.29, 1.82) is 0 Å². The first-order valence-electron chi connectivity index (χ1n) is 12.3. The van der Waals surface area contributed by atoms with Gasteiger partial charge in [-0.2, -0.15) is 0 Å². The van der Waals surface area contributed by atoms with Crippen molar-refractivity contribution < 1.29 is 4.74 Å². The zero-order chi connectivity index (χ0) is 25.4. The van der Waals surface area contributed by atoms with Crippen molar-refractivity contribution in [2.45, 2.75) is 45.7 Å². The van der Waals surface area contributed by atoms with Crippen LogP contribution in [0.15, 0.2) is 79.0 Å². The summed E-state index contributed by atoms with van der Waals surface area (Å²) >= 11 is 5.93. The van der Waals surface area contributed by atoms with Crippen molar-refractivity contribution in [3.05, 3.63) is 107 Å². The Kier molecular flexibility index (Phi) is 6.54. The number of hydrogen-bond acceptors (Lipinski definition) is 3. The smallest absolute Gasteiger partial charge is 0.174 e. The summed E-state index contributed by atoms with van der Waals surface area (Å²) in [5.41, 5.74) is 8.04. The van der Waals surface area contributed by atoms with Crippen LogP contribution in [0.4, 0.5) is 5.69 Å². The Bertz CT molecular complexity index is 1360. The van der Waals surface area contributed by atoms with Gasteiger partial charge in [0, 0.05) is 29.0 Å². The maximum atomic E-state index is 5.93. The topological polar surface area (TPSA) is 42.3 Å². The maximum absolute atomic E-state index is 5.93. The molecule has 2 aromatic carbocycles. The molecule has 6 heteroatoms. The van der Waals surface area contributed by atoms with Crippen LogP contribution in [0.2, 0.25) is 0 Å². The van der Waals surface area contributed by atoms with E-state index in [0.29, 0.717) is 11.0 Å². The highest BCUT2D eigenvalue weighted by molar-refractivity contribution is 7.80. The molecule has 0 saturated carbocycles. The quantitative estimate of drug-likeness (QED) is 0.297. The SMILES string of the molecule is COc1ccc(-n2c(C)cc([C@@H]3[C@@H](c4ccccn4)NC(=S)N3c3ccc(C(C)C)cc3)c2C)cc1. The zero-order valence-corrected chi connectivity index (χ0v) is 22.2. The van der Waals surface area contributed by atoms with Crippen LogP contribution in [-0.4, -0.2) is 21.8 Å². The number of aryl methyl sites for hydroxylation is 1. The fourth-order valence-electron chi connectivity index (χ4n) is 5.18. The van der Waals surface area contributed by atoms with Gasteiger partial charge in [0.05, 0.1) is 24.9 Å². The monoisotopic (exact) mass is 496 g/mol. The normalized spacial score (nSPS) is 17.5. The lowest BCUT2D eigenvalue weighted by atomic mass is 9.96. The number of nitrogens with one attached hydrogen (secondary N) is 1. The zero-order valence-electron chi connectivity index (χ0n) is 21.4. The lowest BCUT2D eigenvalue weighted by Gasteiger charge is -2.28. The highest BCUT2D eigenvalue weighted by Gasteiger charge is 2.42. The number of nitrogens with zero attached hydrogens (tertiary/aromatic N) is 3. The van der Waals surface area contributed by atoms with Crippen LogP contribution in [0.25, 0.3) is 5.69 Å². The minimum absolute atomic E-state index is 0.0458. The molecule has 184 valence electrons. The second-order valence-corrected chi connectivity index (χ2v) is 9.99. The van der Waals surface area contributed by atoms with Gasteiger partial charge in [0.15, 0.2) is 5.11 Å². The average Bonchev–Trinajstić information content (AvgIpc) is 3.39. The van der Waals surface area contributed by atoms with Crippen molar-refractivity contribution in [3.8, 4) is 11.4 Å². The van der Waals surface area contributed by atoms with E-state index in [9.17, 15) is 0 Å². The van der Waals surface area contributed by atoms with Crippen LogP contribution in [0.1, 0.15) is 60.1 Å². The minimum Gasteiger partial charge on any atom is -0.497 e. The largest absolute Gasteiger partial charge is 0.497 e. The van der Waals surface area contributed by atoms with E-state index in [1.165, 1.54) is 22.5 Å². The van der Waals surface area contributed by atoms with Gasteiger partial charge in [-0.3, -0.25) is 4.98 Å². The summed E-state index contributed by atoms with van der Waals surface area (Å²) in [5, 5.41) is 4.29. The maximum Gasteiger partial charge on any atom is 0.174 e. The molecule has 0 aliphatic carbocycles. The van der Waals surface area contributed by atoms with E-state index in [1.807, 2.05) is 30.5 Å². The van der Waals surface area contributed by atoms with E-state index >= 15 is 0 Å². The first-order chi connectivity index (χ1) is 17.4. The molecule has 2 aromatic heterocycles. The van der Waals surface area contributed by atoms with Gasteiger partial charge in [-0.05, 0) is 97.7 Å². The molecule has 0 spiro atoms. The summed E-state index contributed by atoms with van der Waals surface area (Å²) in [6.45, 7) is 8.76. The Hall–Kier alpha value is -3.64. The van der Waals surface area contributed by atoms with Crippen LogP contribution in [-0.2, 0) is 0 Å². The van der Waals surface area contributed by atoms with Crippen molar-refractivity contribution in [2.75, 3.05) is 12.0 Å². The molecule has 5 rings (SSSR count). The van der Waals surface area contributed by atoms with Crippen LogP contribution < -0.4 is 15.0 Å². The molecule has 5 nitrogen and oxygen atoms in total. The molecule has 0 radical (unpaired) electrons. The number of benzene rings is 2. The Morgan fingerprint density at radius 3 is 2.25 bits per heavy atom. The molecule has 0 unspecified atom stereocenters. The molecule has 1 fully saturated rings. The van der Waals surface area contributed by atoms with Crippen molar-refractivity contribution in [1.82, 2.24) is 14.9 Å². The molecular formula is C30H32N4OS. The van der Waals surface area contributed by atoms with Crippen molar-refractivity contribution >= 4 is 23.0 Å². The standard InChI is InChI=1S/C30H32N4OS/c1-19(2)22-9-11-24(12-10-22)34-29(28(32-30(34)36)27-8-6-7-17-31-27)26-18-20(3)33(21(26)4)23-13-15-25(35-5)16-14-23/h6-19,28-29H,1-5H3,(H,32,36)/t28-,29-/m1/s1. The van der Waals surface area contributed by atoms with E-state index in [-0.39, 0.29) is 12.1 Å². The minimum atomic E-state index is -0.0757. The van der Waals surface area contributed by atoms with E-state index in [2.05, 4.69) is 91.0 Å². The Morgan fingerprint density at radius 2 is 1.64 bits per heavy atom. The fourth-order valence-corrected chi connectivity index (χ4v) is 5.53. The third-order valence-corrected chi connectivity index (χ3v) is 7.37. The van der Waals surface area contributed by atoms with Gasteiger partial charge in [-0.1, -0.05) is 32.0 Å². The summed E-state index contributed by atoms with van der Waals surface area (Å²) in [6.07, 6.45) is 1.85. The first kappa shape index (κ1) is 24.1. The summed E-state index contributed by atoms with van der Waals surface area (Å²) in [5.74, 6) is 1.32. The molecule has 1 saturated heterocycles. The lowest BCUT2D eigenvalue weighted by Crippen LogP contribution is -2.29. The summed E-state index contributed by atoms with van der Waals surface area (Å²) in [7, 11) is 1.69. The molecule has 0 amide bonds. The summed E-state index contributed by atoms with van der Waals surface area (Å²) in [6, 6.07) is 25.2. The van der Waals surface area contributed by atoms with Gasteiger partial charge in [0.1, 0.15) is 5.75 Å². The number of anilines is 1. The van der Waals surface area contributed by atoms with Crippen molar-refractivity contribution in [3.63, 3.8) is 0 Å². The number of hydrogen-bond donors (Lipinski definition) is 1. The summed E-state index contributed by atoms with van der Waals surface area (Å²) in [4.78, 5) is 6.95. The first-order valence-corrected chi connectivity index (χ1v) is 12.7. The van der Waals surface area contributed by atoms with Gasteiger partial charge in [-0.25, -0.2) is 0 Å². The third kappa shape index (κ3) is 4.26.